The molecule has 2 aromatic heterocycles. The van der Waals surface area contributed by atoms with E-state index in [1.165, 1.54) is 27.8 Å². The van der Waals surface area contributed by atoms with E-state index in [1.54, 1.807) is 0 Å². The first-order valence-electron chi connectivity index (χ1n) is 17.2. The lowest BCUT2D eigenvalue weighted by molar-refractivity contribution is 0.385. The highest BCUT2D eigenvalue weighted by Crippen LogP contribution is 2.63. The van der Waals surface area contributed by atoms with E-state index in [-0.39, 0.29) is 0 Å². The molecule has 7 aromatic rings. The van der Waals surface area contributed by atoms with E-state index in [4.69, 9.17) is 19.7 Å². The Morgan fingerprint density at radius 3 is 1.74 bits per heavy atom. The van der Waals surface area contributed by atoms with Gasteiger partial charge < -0.3 is 4.74 Å². The van der Waals surface area contributed by atoms with Crippen molar-refractivity contribution in [2.75, 3.05) is 0 Å². The minimum atomic E-state index is -0.512. The summed E-state index contributed by atoms with van der Waals surface area (Å²) in [5.41, 5.74) is 13.3. The molecule has 4 nitrogen and oxygen atoms in total. The molecule has 50 heavy (non-hydrogen) atoms. The van der Waals surface area contributed by atoms with Crippen molar-refractivity contribution >= 4 is 0 Å². The molecule has 236 valence electrons. The first-order chi connectivity index (χ1) is 24.8. The normalized spacial score (nSPS) is 14.8. The molecular formula is C46H31N3O. The molecular weight excluding hydrogens is 611 g/mol. The molecule has 1 aliphatic heterocycles. The summed E-state index contributed by atoms with van der Waals surface area (Å²) in [6.45, 7) is 0. The molecule has 10 rings (SSSR count). The number of allylic oxidation sites excluding steroid dienone is 3. The summed E-state index contributed by atoms with van der Waals surface area (Å²) >= 11 is 0. The summed E-state index contributed by atoms with van der Waals surface area (Å²) < 4.78 is 7.03. The van der Waals surface area contributed by atoms with Gasteiger partial charge >= 0.3 is 0 Å². The zero-order chi connectivity index (χ0) is 33.1. The molecule has 0 atom stereocenters. The molecule has 0 amide bonds. The van der Waals surface area contributed by atoms with Crippen molar-refractivity contribution in [1.82, 2.24) is 15.0 Å². The number of para-hydroxylation sites is 1. The van der Waals surface area contributed by atoms with Crippen molar-refractivity contribution in [3.63, 3.8) is 0 Å². The Kier molecular flexibility index (Phi) is 6.50. The second-order valence-corrected chi connectivity index (χ2v) is 13.0. The standard InChI is InChI=1S/C46H31N3O/c1-3-15-30(16-4-1)40-29-41(31-17-5-2-6-18-31)49-45(48-40)35-22-14-28-47-43(35)34-21-13-26-39-44(34)50-42-27-12-11-25-38(42)46(39)36-23-9-7-19-32(36)33-20-8-10-24-37(33)46/h1-10,13-29H,11-12H2. The fraction of sp³-hybridized carbons (Fsp3) is 0.0652. The SMILES string of the molecule is C1=C2Oc3c(-c4ncccc4-c4nc(-c5ccccc5)cc(-c5ccccc5)n4)cccc3C3(C2=CCC1)c1ccccc1-c1ccccc13. The Morgan fingerprint density at radius 2 is 1.06 bits per heavy atom. The van der Waals surface area contributed by atoms with E-state index < -0.39 is 5.41 Å². The van der Waals surface area contributed by atoms with Crippen LogP contribution in [0.15, 0.2) is 175 Å². The number of pyridine rings is 1. The topological polar surface area (TPSA) is 47.9 Å². The van der Waals surface area contributed by atoms with Crippen LogP contribution in [-0.2, 0) is 5.41 Å². The van der Waals surface area contributed by atoms with Gasteiger partial charge in [-0.25, -0.2) is 9.97 Å². The Bertz CT molecular complexity index is 2410. The summed E-state index contributed by atoms with van der Waals surface area (Å²) in [6, 6.07) is 50.9. The maximum absolute atomic E-state index is 7.03. The van der Waals surface area contributed by atoms with Gasteiger partial charge in [0.05, 0.1) is 22.5 Å². The van der Waals surface area contributed by atoms with E-state index in [0.29, 0.717) is 5.82 Å². The number of benzene rings is 5. The van der Waals surface area contributed by atoms with Gasteiger partial charge in [-0.05, 0) is 65.4 Å². The molecule has 4 heteroatoms. The van der Waals surface area contributed by atoms with Crippen molar-refractivity contribution in [2.24, 2.45) is 0 Å². The summed E-state index contributed by atoms with van der Waals surface area (Å²) in [5, 5.41) is 0. The quantitative estimate of drug-likeness (QED) is 0.192. The van der Waals surface area contributed by atoms with Crippen LogP contribution in [0, 0.1) is 0 Å². The van der Waals surface area contributed by atoms with Crippen LogP contribution in [0.5, 0.6) is 5.75 Å². The Balaban J connectivity index is 1.23. The van der Waals surface area contributed by atoms with Crippen molar-refractivity contribution in [1.29, 1.82) is 0 Å². The van der Waals surface area contributed by atoms with E-state index in [0.717, 1.165) is 69.2 Å². The summed E-state index contributed by atoms with van der Waals surface area (Å²) in [7, 11) is 0. The molecule has 1 spiro atoms. The molecule has 0 saturated carbocycles. The molecule has 0 radical (unpaired) electrons. The van der Waals surface area contributed by atoms with Crippen LogP contribution in [0.25, 0.3) is 56.3 Å². The predicted molar refractivity (Wildman–Crippen MR) is 199 cm³/mol. The van der Waals surface area contributed by atoms with Gasteiger partial charge in [0.25, 0.3) is 0 Å². The van der Waals surface area contributed by atoms with Crippen LogP contribution >= 0.6 is 0 Å². The lowest BCUT2D eigenvalue weighted by Crippen LogP contribution is -2.36. The fourth-order valence-corrected chi connectivity index (χ4v) is 8.17. The molecule has 5 aromatic carbocycles. The molecule has 0 N–H and O–H groups in total. The highest BCUT2D eigenvalue weighted by molar-refractivity contribution is 5.91. The maximum atomic E-state index is 7.03. The Hall–Kier alpha value is -6.39. The molecule has 0 unspecified atom stereocenters. The number of aromatic nitrogens is 3. The van der Waals surface area contributed by atoms with Crippen molar-refractivity contribution in [2.45, 2.75) is 18.3 Å². The van der Waals surface area contributed by atoms with Gasteiger partial charge in [-0.2, -0.15) is 0 Å². The van der Waals surface area contributed by atoms with Gasteiger partial charge in [-0.1, -0.05) is 127 Å². The zero-order valence-corrected chi connectivity index (χ0v) is 27.3. The third-order valence-corrected chi connectivity index (χ3v) is 10.3. The van der Waals surface area contributed by atoms with Crippen molar-refractivity contribution in [3.8, 4) is 62.0 Å². The summed E-state index contributed by atoms with van der Waals surface area (Å²) in [6.07, 6.45) is 8.42. The third kappa shape index (κ3) is 4.21. The number of rotatable bonds is 4. The van der Waals surface area contributed by atoms with Crippen LogP contribution in [0.4, 0.5) is 0 Å². The van der Waals surface area contributed by atoms with Crippen molar-refractivity contribution < 1.29 is 4.74 Å². The Morgan fingerprint density at radius 1 is 0.500 bits per heavy atom. The van der Waals surface area contributed by atoms with Crippen LogP contribution in [-0.4, -0.2) is 15.0 Å². The van der Waals surface area contributed by atoms with Gasteiger partial charge in [0.1, 0.15) is 11.5 Å². The average molecular weight is 642 g/mol. The smallest absolute Gasteiger partial charge is 0.162 e. The minimum Gasteiger partial charge on any atom is -0.456 e. The van der Waals surface area contributed by atoms with Crippen LogP contribution in [0.3, 0.4) is 0 Å². The zero-order valence-electron chi connectivity index (χ0n) is 27.3. The van der Waals surface area contributed by atoms with Crippen LogP contribution in [0.2, 0.25) is 0 Å². The number of hydrogen-bond acceptors (Lipinski definition) is 4. The highest BCUT2D eigenvalue weighted by atomic mass is 16.5. The lowest BCUT2D eigenvalue weighted by Gasteiger charge is -2.42. The van der Waals surface area contributed by atoms with Crippen LogP contribution < -0.4 is 4.74 Å². The van der Waals surface area contributed by atoms with E-state index >= 15 is 0 Å². The third-order valence-electron chi connectivity index (χ3n) is 10.3. The highest BCUT2D eigenvalue weighted by Gasteiger charge is 2.53. The molecule has 0 bridgehead atoms. The van der Waals surface area contributed by atoms with Crippen LogP contribution in [0.1, 0.15) is 29.5 Å². The summed E-state index contributed by atoms with van der Waals surface area (Å²) in [4.78, 5) is 15.4. The number of ether oxygens (including phenoxy) is 1. The fourth-order valence-electron chi connectivity index (χ4n) is 8.17. The Labute approximate surface area is 291 Å². The molecule has 0 saturated heterocycles. The van der Waals surface area contributed by atoms with Crippen molar-refractivity contribution in [3.05, 3.63) is 192 Å². The number of nitrogens with zero attached hydrogens (tertiary/aromatic N) is 3. The monoisotopic (exact) mass is 641 g/mol. The maximum Gasteiger partial charge on any atom is 0.162 e. The first kappa shape index (κ1) is 28.6. The molecule has 3 heterocycles. The van der Waals surface area contributed by atoms with Gasteiger partial charge in [0.15, 0.2) is 5.82 Å². The van der Waals surface area contributed by atoms with Gasteiger partial charge in [-0.15, -0.1) is 0 Å². The predicted octanol–water partition coefficient (Wildman–Crippen LogP) is 10.9. The average Bonchev–Trinajstić information content (AvgIpc) is 3.49. The van der Waals surface area contributed by atoms with E-state index in [2.05, 4.69) is 115 Å². The lowest BCUT2D eigenvalue weighted by atomic mass is 9.64. The van der Waals surface area contributed by atoms with Gasteiger partial charge in [-0.3, -0.25) is 4.98 Å². The molecule has 3 aliphatic rings. The van der Waals surface area contributed by atoms with Gasteiger partial charge in [0, 0.05) is 39.6 Å². The van der Waals surface area contributed by atoms with E-state index in [9.17, 15) is 0 Å². The summed E-state index contributed by atoms with van der Waals surface area (Å²) in [5.74, 6) is 2.37. The first-order valence-corrected chi connectivity index (χ1v) is 17.2. The molecule has 0 fully saturated rings. The number of fused-ring (bicyclic) bond motifs is 9. The second kappa shape index (κ2) is 11.4. The minimum absolute atomic E-state index is 0.512. The van der Waals surface area contributed by atoms with Gasteiger partial charge in [0.2, 0.25) is 0 Å². The van der Waals surface area contributed by atoms with E-state index in [1.807, 2.05) is 48.7 Å². The largest absolute Gasteiger partial charge is 0.456 e. The second-order valence-electron chi connectivity index (χ2n) is 13.0. The molecule has 2 aliphatic carbocycles. The number of hydrogen-bond donors (Lipinski definition) is 0.